The molecule has 12 heavy (non-hydrogen) atoms. The Balaban J connectivity index is 3.87. The number of rotatable bonds is 4. The lowest BCUT2D eigenvalue weighted by molar-refractivity contribution is -0.125. The van der Waals surface area contributed by atoms with Gasteiger partial charge in [0.15, 0.2) is 0 Å². The SMILES string of the molecule is CCC(N)NC(=O)[C@H](C)N(C)C. The van der Waals surface area contributed by atoms with Crippen LogP contribution in [0.25, 0.3) is 0 Å². The van der Waals surface area contributed by atoms with Gasteiger partial charge in [0.25, 0.3) is 0 Å². The third-order valence-electron chi connectivity index (χ3n) is 1.92. The van der Waals surface area contributed by atoms with Crippen LogP contribution in [0.4, 0.5) is 0 Å². The van der Waals surface area contributed by atoms with Gasteiger partial charge in [0.05, 0.1) is 12.2 Å². The highest BCUT2D eigenvalue weighted by Crippen LogP contribution is 1.92. The Morgan fingerprint density at radius 2 is 2.08 bits per heavy atom. The molecule has 4 nitrogen and oxygen atoms in total. The molecule has 0 fully saturated rings. The minimum atomic E-state index is -0.222. The fraction of sp³-hybridized carbons (Fsp3) is 0.875. The summed E-state index contributed by atoms with van der Waals surface area (Å²) in [5.41, 5.74) is 5.56. The number of nitrogens with one attached hydrogen (secondary N) is 1. The van der Waals surface area contributed by atoms with Crippen molar-refractivity contribution in [2.24, 2.45) is 5.73 Å². The summed E-state index contributed by atoms with van der Waals surface area (Å²) in [4.78, 5) is 13.2. The second-order valence-corrected chi connectivity index (χ2v) is 3.16. The second kappa shape index (κ2) is 5.11. The summed E-state index contributed by atoms with van der Waals surface area (Å²) in [5, 5.41) is 2.71. The quantitative estimate of drug-likeness (QED) is 0.576. The lowest BCUT2D eigenvalue weighted by Crippen LogP contribution is -2.48. The second-order valence-electron chi connectivity index (χ2n) is 3.16. The number of nitrogens with two attached hydrogens (primary N) is 1. The monoisotopic (exact) mass is 173 g/mol. The van der Waals surface area contributed by atoms with Crippen LogP contribution in [0.1, 0.15) is 20.3 Å². The van der Waals surface area contributed by atoms with E-state index in [0.29, 0.717) is 0 Å². The van der Waals surface area contributed by atoms with E-state index in [1.165, 1.54) is 0 Å². The van der Waals surface area contributed by atoms with Crippen LogP contribution in [0.15, 0.2) is 0 Å². The van der Waals surface area contributed by atoms with Crippen LogP contribution in [0.2, 0.25) is 0 Å². The molecule has 0 bridgehead atoms. The fourth-order valence-electron chi connectivity index (χ4n) is 0.640. The Morgan fingerprint density at radius 1 is 1.58 bits per heavy atom. The molecule has 1 amide bonds. The first kappa shape index (κ1) is 11.4. The van der Waals surface area contributed by atoms with Gasteiger partial charge in [0.2, 0.25) is 5.91 Å². The van der Waals surface area contributed by atoms with Crippen LogP contribution >= 0.6 is 0 Å². The van der Waals surface area contributed by atoms with E-state index >= 15 is 0 Å². The number of carbonyl (C=O) groups excluding carboxylic acids is 1. The molecule has 0 heterocycles. The zero-order valence-electron chi connectivity index (χ0n) is 8.29. The van der Waals surface area contributed by atoms with Crippen molar-refractivity contribution >= 4 is 5.91 Å². The lowest BCUT2D eigenvalue weighted by Gasteiger charge is -2.21. The van der Waals surface area contributed by atoms with E-state index < -0.39 is 0 Å². The lowest BCUT2D eigenvalue weighted by atomic mass is 10.2. The Morgan fingerprint density at radius 3 is 2.42 bits per heavy atom. The highest BCUT2D eigenvalue weighted by Gasteiger charge is 2.15. The molecule has 72 valence electrons. The average Bonchev–Trinajstić information content (AvgIpc) is 2.02. The van der Waals surface area contributed by atoms with Crippen LogP contribution in [-0.2, 0) is 4.79 Å². The Labute approximate surface area is 74.1 Å². The van der Waals surface area contributed by atoms with Crippen molar-refractivity contribution in [1.29, 1.82) is 0 Å². The maximum absolute atomic E-state index is 11.3. The first-order chi connectivity index (χ1) is 5.49. The number of amides is 1. The first-order valence-electron chi connectivity index (χ1n) is 4.21. The average molecular weight is 173 g/mol. The number of nitrogens with zero attached hydrogens (tertiary/aromatic N) is 1. The summed E-state index contributed by atoms with van der Waals surface area (Å²) in [6.07, 6.45) is 0.534. The maximum atomic E-state index is 11.3. The number of likely N-dealkylation sites (N-methyl/N-ethyl adjacent to an activating group) is 1. The van der Waals surface area contributed by atoms with Crippen molar-refractivity contribution in [1.82, 2.24) is 10.2 Å². The van der Waals surface area contributed by atoms with Crippen molar-refractivity contribution < 1.29 is 4.79 Å². The normalized spacial score (nSPS) is 15.8. The molecule has 0 spiro atoms. The minimum Gasteiger partial charge on any atom is -0.340 e. The van der Waals surface area contributed by atoms with Crippen LogP contribution in [0, 0.1) is 0 Å². The third kappa shape index (κ3) is 3.69. The zero-order chi connectivity index (χ0) is 9.72. The summed E-state index contributed by atoms with van der Waals surface area (Å²) in [7, 11) is 3.73. The predicted molar refractivity (Wildman–Crippen MR) is 49.6 cm³/mol. The molecular weight excluding hydrogens is 154 g/mol. The number of carbonyl (C=O) groups is 1. The molecule has 1 unspecified atom stereocenters. The van der Waals surface area contributed by atoms with Crippen LogP contribution < -0.4 is 11.1 Å². The van der Waals surface area contributed by atoms with Crippen molar-refractivity contribution in [2.45, 2.75) is 32.5 Å². The van der Waals surface area contributed by atoms with Gasteiger partial charge in [-0.2, -0.15) is 0 Å². The highest BCUT2D eigenvalue weighted by molar-refractivity contribution is 5.81. The topological polar surface area (TPSA) is 58.4 Å². The van der Waals surface area contributed by atoms with E-state index in [0.717, 1.165) is 6.42 Å². The van der Waals surface area contributed by atoms with Crippen molar-refractivity contribution in [3.8, 4) is 0 Å². The van der Waals surface area contributed by atoms with E-state index in [-0.39, 0.29) is 18.1 Å². The van der Waals surface area contributed by atoms with E-state index in [4.69, 9.17) is 5.73 Å². The predicted octanol–water partition coefficient (Wildman–Crippen LogP) is -0.252. The first-order valence-corrected chi connectivity index (χ1v) is 4.21. The molecule has 0 saturated heterocycles. The van der Waals surface area contributed by atoms with E-state index in [2.05, 4.69) is 5.32 Å². The summed E-state index contributed by atoms with van der Waals surface area (Å²) >= 11 is 0. The van der Waals surface area contributed by atoms with Gasteiger partial charge in [-0.25, -0.2) is 0 Å². The standard InChI is InChI=1S/C8H19N3O/c1-5-7(9)10-8(12)6(2)11(3)4/h6-7H,5,9H2,1-4H3,(H,10,12)/t6-,7?/m0/s1. The molecule has 4 heteroatoms. The molecule has 0 rings (SSSR count). The molecular formula is C8H19N3O. The van der Waals surface area contributed by atoms with Crippen LogP contribution in [0.5, 0.6) is 0 Å². The summed E-state index contributed by atoms with van der Waals surface area (Å²) in [6.45, 7) is 3.78. The Hall–Kier alpha value is -0.610. The summed E-state index contributed by atoms with van der Waals surface area (Å²) in [5.74, 6) is -0.0191. The minimum absolute atomic E-state index is 0.0191. The molecule has 0 aromatic carbocycles. The van der Waals surface area contributed by atoms with E-state index in [1.54, 1.807) is 0 Å². The third-order valence-corrected chi connectivity index (χ3v) is 1.92. The molecule has 0 radical (unpaired) electrons. The smallest absolute Gasteiger partial charge is 0.238 e. The zero-order valence-corrected chi connectivity index (χ0v) is 8.29. The van der Waals surface area contributed by atoms with E-state index in [9.17, 15) is 4.79 Å². The summed E-state index contributed by atoms with van der Waals surface area (Å²) in [6, 6.07) is -0.123. The van der Waals surface area contributed by atoms with Crippen molar-refractivity contribution in [3.05, 3.63) is 0 Å². The van der Waals surface area contributed by atoms with Gasteiger partial charge >= 0.3 is 0 Å². The van der Waals surface area contributed by atoms with Gasteiger partial charge in [0, 0.05) is 0 Å². The Bertz CT molecular complexity index is 147. The molecule has 0 aliphatic carbocycles. The van der Waals surface area contributed by atoms with Gasteiger partial charge in [0.1, 0.15) is 0 Å². The molecule has 0 aromatic heterocycles. The number of hydrogen-bond acceptors (Lipinski definition) is 3. The molecule has 0 aliphatic heterocycles. The summed E-state index contributed by atoms with van der Waals surface area (Å²) < 4.78 is 0. The molecule has 0 aliphatic rings. The number of hydrogen-bond donors (Lipinski definition) is 2. The van der Waals surface area contributed by atoms with Crippen molar-refractivity contribution in [2.75, 3.05) is 14.1 Å². The fourth-order valence-corrected chi connectivity index (χ4v) is 0.640. The highest BCUT2D eigenvalue weighted by atomic mass is 16.2. The van der Waals surface area contributed by atoms with Gasteiger partial charge < -0.3 is 11.1 Å². The van der Waals surface area contributed by atoms with Crippen LogP contribution in [-0.4, -0.2) is 37.1 Å². The molecule has 0 saturated carbocycles. The van der Waals surface area contributed by atoms with Gasteiger partial charge in [-0.1, -0.05) is 6.92 Å². The molecule has 3 N–H and O–H groups in total. The molecule has 0 aromatic rings. The van der Waals surface area contributed by atoms with Gasteiger partial charge in [-0.05, 0) is 27.4 Å². The van der Waals surface area contributed by atoms with Crippen LogP contribution in [0.3, 0.4) is 0 Å². The van der Waals surface area contributed by atoms with E-state index in [1.807, 2.05) is 32.8 Å². The van der Waals surface area contributed by atoms with Crippen molar-refractivity contribution in [3.63, 3.8) is 0 Å². The van der Waals surface area contributed by atoms with Gasteiger partial charge in [-0.3, -0.25) is 9.69 Å². The molecule has 2 atom stereocenters. The maximum Gasteiger partial charge on any atom is 0.238 e. The van der Waals surface area contributed by atoms with Gasteiger partial charge in [-0.15, -0.1) is 0 Å². The Kier molecular flexibility index (Phi) is 4.85. The largest absolute Gasteiger partial charge is 0.340 e.